The van der Waals surface area contributed by atoms with Crippen molar-refractivity contribution in [2.45, 2.75) is 19.3 Å². The normalized spacial score (nSPS) is 16.9. The van der Waals surface area contributed by atoms with Crippen LogP contribution in [0.5, 0.6) is 0 Å². The third kappa shape index (κ3) is 2.30. The fourth-order valence-corrected chi connectivity index (χ4v) is 3.73. The lowest BCUT2D eigenvalue weighted by molar-refractivity contribution is 0.645. The molecule has 130 valence electrons. The van der Waals surface area contributed by atoms with E-state index in [9.17, 15) is 9.59 Å². The summed E-state index contributed by atoms with van der Waals surface area (Å²) in [6.45, 7) is 4.27. The molecule has 26 heavy (non-hydrogen) atoms. The number of nitrogens with zero attached hydrogens (tertiary/aromatic N) is 1. The minimum Gasteiger partial charge on any atom is -0.352 e. The Morgan fingerprint density at radius 1 is 0.923 bits per heavy atom. The van der Waals surface area contributed by atoms with Gasteiger partial charge in [0.1, 0.15) is 5.69 Å². The Hall–Kier alpha value is -3.14. The molecule has 1 N–H and O–H groups in total. The van der Waals surface area contributed by atoms with Crippen LogP contribution in [0.4, 0.5) is 17.1 Å². The van der Waals surface area contributed by atoms with Crippen molar-refractivity contribution in [1.82, 2.24) is 0 Å². The van der Waals surface area contributed by atoms with Gasteiger partial charge in [-0.05, 0) is 29.8 Å². The summed E-state index contributed by atoms with van der Waals surface area (Å²) < 4.78 is 0. The van der Waals surface area contributed by atoms with E-state index in [2.05, 4.69) is 36.2 Å². The zero-order valence-electron chi connectivity index (χ0n) is 15.0. The summed E-state index contributed by atoms with van der Waals surface area (Å²) in [4.78, 5) is 26.4. The van der Waals surface area contributed by atoms with Crippen molar-refractivity contribution < 1.29 is 0 Å². The van der Waals surface area contributed by atoms with Crippen LogP contribution < -0.4 is 21.1 Å². The molecule has 4 heteroatoms. The molecule has 4 nitrogen and oxygen atoms in total. The molecule has 0 radical (unpaired) electrons. The monoisotopic (exact) mass is 344 g/mol. The maximum Gasteiger partial charge on any atom is 0.250 e. The minimum absolute atomic E-state index is 0.241. The summed E-state index contributed by atoms with van der Waals surface area (Å²) in [7, 11) is 2.00. The number of anilines is 3. The van der Waals surface area contributed by atoms with Gasteiger partial charge in [0, 0.05) is 29.5 Å². The molecule has 0 aromatic heterocycles. The smallest absolute Gasteiger partial charge is 0.250 e. The predicted octanol–water partition coefficient (Wildman–Crippen LogP) is 3.79. The minimum atomic E-state index is -0.461. The van der Waals surface area contributed by atoms with Gasteiger partial charge in [0.25, 0.3) is 0 Å². The standard InChI is InChI=1S/C22H20N2O2/c1-22(2)16-11-7-8-12-17(16)24(3)18(22)13-15-19(21(26)20(15)25)23-14-9-5-4-6-10-14/h4-13,23H,1-3H3/b18-13-. The summed E-state index contributed by atoms with van der Waals surface area (Å²) in [5.41, 5.74) is 3.81. The molecule has 1 heterocycles. The van der Waals surface area contributed by atoms with Crippen molar-refractivity contribution >= 4 is 23.1 Å². The summed E-state index contributed by atoms with van der Waals surface area (Å²) in [5, 5.41) is 3.09. The summed E-state index contributed by atoms with van der Waals surface area (Å²) in [6, 6.07) is 17.6. The third-order valence-electron chi connectivity index (χ3n) is 5.21. The van der Waals surface area contributed by atoms with Gasteiger partial charge in [0.05, 0.1) is 5.56 Å². The molecule has 0 fully saturated rings. The van der Waals surface area contributed by atoms with Gasteiger partial charge < -0.3 is 10.2 Å². The molecule has 3 aromatic rings. The number of hydrogen-bond donors (Lipinski definition) is 1. The first-order valence-corrected chi connectivity index (χ1v) is 8.62. The van der Waals surface area contributed by atoms with Gasteiger partial charge in [-0.25, -0.2) is 0 Å². The predicted molar refractivity (Wildman–Crippen MR) is 107 cm³/mol. The van der Waals surface area contributed by atoms with Crippen molar-refractivity contribution in [3.63, 3.8) is 0 Å². The molecule has 4 rings (SSSR count). The lowest BCUT2D eigenvalue weighted by Gasteiger charge is -2.25. The largest absolute Gasteiger partial charge is 0.352 e. The van der Waals surface area contributed by atoms with Crippen LogP contribution in [0.1, 0.15) is 25.0 Å². The zero-order valence-corrected chi connectivity index (χ0v) is 15.0. The summed E-state index contributed by atoms with van der Waals surface area (Å²) in [6.07, 6.45) is 1.86. The second-order valence-electron chi connectivity index (χ2n) is 7.17. The van der Waals surface area contributed by atoms with Gasteiger partial charge in [-0.1, -0.05) is 50.2 Å². The van der Waals surface area contributed by atoms with Gasteiger partial charge >= 0.3 is 0 Å². The lowest BCUT2D eigenvalue weighted by atomic mass is 9.83. The molecule has 0 atom stereocenters. The van der Waals surface area contributed by atoms with Crippen LogP contribution in [0.15, 0.2) is 69.9 Å². The fourth-order valence-electron chi connectivity index (χ4n) is 3.73. The van der Waals surface area contributed by atoms with E-state index >= 15 is 0 Å². The van der Waals surface area contributed by atoms with Crippen LogP contribution in [-0.2, 0) is 5.41 Å². The number of nitrogens with one attached hydrogen (secondary N) is 1. The highest BCUT2D eigenvalue weighted by Crippen LogP contribution is 2.47. The second kappa shape index (κ2) is 5.70. The van der Waals surface area contributed by atoms with E-state index in [-0.39, 0.29) is 5.41 Å². The SMILES string of the molecule is CN1/C(=C\c2c(Nc3ccccc3)c(=O)c2=O)C(C)(C)c2ccccc21. The van der Waals surface area contributed by atoms with E-state index in [0.29, 0.717) is 11.3 Å². The second-order valence-corrected chi connectivity index (χ2v) is 7.17. The Labute approximate surface area is 152 Å². The van der Waals surface area contributed by atoms with Crippen molar-refractivity contribution in [3.8, 4) is 0 Å². The zero-order chi connectivity index (χ0) is 18.5. The summed E-state index contributed by atoms with van der Waals surface area (Å²) in [5.74, 6) is 0. The molecular weight excluding hydrogens is 324 g/mol. The Kier molecular flexibility index (Phi) is 3.58. The molecular formula is C22H20N2O2. The Bertz CT molecular complexity index is 1090. The average molecular weight is 344 g/mol. The van der Waals surface area contributed by atoms with E-state index in [0.717, 1.165) is 17.1 Å². The molecule has 0 spiro atoms. The highest BCUT2D eigenvalue weighted by atomic mass is 16.2. The number of allylic oxidation sites excluding steroid dienone is 1. The molecule has 1 aliphatic heterocycles. The lowest BCUT2D eigenvalue weighted by Crippen LogP contribution is -2.37. The van der Waals surface area contributed by atoms with Crippen molar-refractivity contribution in [1.29, 1.82) is 0 Å². The van der Waals surface area contributed by atoms with Gasteiger partial charge in [-0.3, -0.25) is 9.59 Å². The maximum absolute atomic E-state index is 12.2. The first-order valence-electron chi connectivity index (χ1n) is 8.62. The molecule has 1 aliphatic rings. The summed E-state index contributed by atoms with van der Waals surface area (Å²) >= 11 is 0. The molecule has 0 unspecified atom stereocenters. The average Bonchev–Trinajstić information content (AvgIpc) is 2.85. The molecule has 0 saturated carbocycles. The van der Waals surface area contributed by atoms with Crippen LogP contribution in [0.25, 0.3) is 6.08 Å². The number of para-hydroxylation sites is 2. The Balaban J connectivity index is 1.78. The maximum atomic E-state index is 12.2. The highest BCUT2D eigenvalue weighted by Gasteiger charge is 2.38. The van der Waals surface area contributed by atoms with E-state index in [1.54, 1.807) is 0 Å². The van der Waals surface area contributed by atoms with Crippen molar-refractivity contribution in [2.75, 3.05) is 17.3 Å². The van der Waals surface area contributed by atoms with Gasteiger partial charge in [-0.15, -0.1) is 0 Å². The van der Waals surface area contributed by atoms with Gasteiger partial charge in [-0.2, -0.15) is 0 Å². The topological polar surface area (TPSA) is 49.4 Å². The molecule has 0 saturated heterocycles. The quantitative estimate of drug-likeness (QED) is 0.735. The molecule has 3 aromatic carbocycles. The Morgan fingerprint density at radius 2 is 1.58 bits per heavy atom. The molecule has 0 bridgehead atoms. The molecule has 0 amide bonds. The fraction of sp³-hybridized carbons (Fsp3) is 0.182. The highest BCUT2D eigenvalue weighted by molar-refractivity contribution is 5.81. The van der Waals surface area contributed by atoms with Crippen molar-refractivity contribution in [3.05, 3.63) is 91.9 Å². The van der Waals surface area contributed by atoms with E-state index in [4.69, 9.17) is 0 Å². The van der Waals surface area contributed by atoms with Crippen LogP contribution in [0.2, 0.25) is 0 Å². The first kappa shape index (κ1) is 16.3. The molecule has 0 aliphatic carbocycles. The van der Waals surface area contributed by atoms with Crippen LogP contribution >= 0.6 is 0 Å². The van der Waals surface area contributed by atoms with E-state index in [1.807, 2.05) is 55.6 Å². The van der Waals surface area contributed by atoms with Crippen molar-refractivity contribution in [2.24, 2.45) is 0 Å². The first-order chi connectivity index (χ1) is 12.4. The van der Waals surface area contributed by atoms with Gasteiger partial charge in [0.15, 0.2) is 0 Å². The van der Waals surface area contributed by atoms with E-state index in [1.165, 1.54) is 5.56 Å². The van der Waals surface area contributed by atoms with Crippen LogP contribution in [0.3, 0.4) is 0 Å². The number of likely N-dealkylation sites (N-methyl/N-ethyl adjacent to an activating group) is 1. The van der Waals surface area contributed by atoms with E-state index < -0.39 is 10.9 Å². The van der Waals surface area contributed by atoms with Crippen LogP contribution in [-0.4, -0.2) is 7.05 Å². The third-order valence-corrected chi connectivity index (χ3v) is 5.21. The van der Waals surface area contributed by atoms with Gasteiger partial charge in [0.2, 0.25) is 10.9 Å². The number of rotatable bonds is 3. The number of benzene rings is 2. The number of hydrogen-bond acceptors (Lipinski definition) is 4. The number of fused-ring (bicyclic) bond motifs is 1. The van der Waals surface area contributed by atoms with Crippen LogP contribution in [0, 0.1) is 0 Å². The Morgan fingerprint density at radius 3 is 2.27 bits per heavy atom.